The molecule has 0 spiro atoms. The van der Waals surface area contributed by atoms with Crippen molar-refractivity contribution in [3.63, 3.8) is 0 Å². The van der Waals surface area contributed by atoms with Crippen LogP contribution in [-0.2, 0) is 4.79 Å². The third-order valence-corrected chi connectivity index (χ3v) is 5.95. The maximum Gasteiger partial charge on any atom is 0.322 e. The molecule has 1 saturated heterocycles. The molecule has 0 aromatic heterocycles. The van der Waals surface area contributed by atoms with Gasteiger partial charge in [0.15, 0.2) is 0 Å². The van der Waals surface area contributed by atoms with E-state index >= 15 is 0 Å². The highest BCUT2D eigenvalue weighted by molar-refractivity contribution is 5.92. The first-order valence-electron chi connectivity index (χ1n) is 9.85. The Morgan fingerprint density at radius 3 is 2.35 bits per heavy atom. The van der Waals surface area contributed by atoms with Crippen molar-refractivity contribution in [3.8, 4) is 0 Å². The molecule has 5 heteroatoms. The topological polar surface area (TPSA) is 52.7 Å². The summed E-state index contributed by atoms with van der Waals surface area (Å²) in [6.45, 7) is 6.11. The minimum Gasteiger partial charge on any atom is -0.343 e. The van der Waals surface area contributed by atoms with E-state index in [0.717, 1.165) is 44.5 Å². The largest absolute Gasteiger partial charge is 0.343 e. The number of nitrogens with zero attached hydrogens (tertiary/aromatic N) is 2. The van der Waals surface area contributed by atoms with Gasteiger partial charge in [0, 0.05) is 38.3 Å². The molecule has 0 atom stereocenters. The van der Waals surface area contributed by atoms with Crippen LogP contribution in [-0.4, -0.2) is 42.5 Å². The predicted molar refractivity (Wildman–Crippen MR) is 104 cm³/mol. The van der Waals surface area contributed by atoms with Gasteiger partial charge in [-0.2, -0.15) is 0 Å². The molecule has 0 bridgehead atoms. The maximum absolute atomic E-state index is 13.0. The Morgan fingerprint density at radius 2 is 1.77 bits per heavy atom. The lowest BCUT2D eigenvalue weighted by Gasteiger charge is -2.42. The van der Waals surface area contributed by atoms with Crippen molar-refractivity contribution in [1.29, 1.82) is 0 Å². The van der Waals surface area contributed by atoms with Gasteiger partial charge in [-0.15, -0.1) is 0 Å². The zero-order chi connectivity index (χ0) is 18.6. The number of anilines is 1. The molecule has 1 N–H and O–H groups in total. The molecular weight excluding hydrogens is 326 g/mol. The average Bonchev–Trinajstić information content (AvgIpc) is 3.14. The van der Waals surface area contributed by atoms with Crippen molar-refractivity contribution in [3.05, 3.63) is 30.3 Å². The van der Waals surface area contributed by atoms with Gasteiger partial charge >= 0.3 is 6.03 Å². The fraction of sp³-hybridized carbons (Fsp3) is 0.619. The number of urea groups is 1. The molecular formula is C21H31N3O2. The number of nitrogens with one attached hydrogen (secondary N) is 1. The summed E-state index contributed by atoms with van der Waals surface area (Å²) >= 11 is 0. The molecule has 1 aliphatic heterocycles. The second kappa shape index (κ2) is 8.11. The summed E-state index contributed by atoms with van der Waals surface area (Å²) in [7, 11) is 0. The van der Waals surface area contributed by atoms with Crippen molar-refractivity contribution >= 4 is 17.6 Å². The van der Waals surface area contributed by atoms with Crippen molar-refractivity contribution in [2.75, 3.05) is 24.5 Å². The van der Waals surface area contributed by atoms with Gasteiger partial charge in [0.2, 0.25) is 5.91 Å². The fourth-order valence-corrected chi connectivity index (χ4v) is 4.11. The van der Waals surface area contributed by atoms with Crippen molar-refractivity contribution in [1.82, 2.24) is 10.2 Å². The predicted octanol–water partition coefficient (Wildman–Crippen LogP) is 3.79. The minimum absolute atomic E-state index is 0.0123. The van der Waals surface area contributed by atoms with Crippen LogP contribution in [0.25, 0.3) is 0 Å². The molecule has 3 rings (SSSR count). The van der Waals surface area contributed by atoms with Crippen LogP contribution < -0.4 is 10.2 Å². The van der Waals surface area contributed by atoms with Crippen molar-refractivity contribution in [2.24, 2.45) is 5.41 Å². The highest BCUT2D eigenvalue weighted by Crippen LogP contribution is 2.33. The van der Waals surface area contributed by atoms with E-state index in [-0.39, 0.29) is 17.4 Å². The summed E-state index contributed by atoms with van der Waals surface area (Å²) in [5.41, 5.74) is 0.965. The summed E-state index contributed by atoms with van der Waals surface area (Å²) in [4.78, 5) is 28.5. The van der Waals surface area contributed by atoms with E-state index in [4.69, 9.17) is 0 Å². The Hall–Kier alpha value is -2.04. The first-order valence-corrected chi connectivity index (χ1v) is 9.85. The third kappa shape index (κ3) is 4.57. The molecule has 3 amide bonds. The lowest BCUT2D eigenvalue weighted by Crippen LogP contribution is -2.51. The Bertz CT molecular complexity index is 617. The van der Waals surface area contributed by atoms with Gasteiger partial charge in [-0.1, -0.05) is 38.0 Å². The Labute approximate surface area is 156 Å². The lowest BCUT2D eigenvalue weighted by atomic mass is 9.79. The van der Waals surface area contributed by atoms with Crippen LogP contribution >= 0.6 is 0 Å². The van der Waals surface area contributed by atoms with E-state index in [1.807, 2.05) is 40.1 Å². The summed E-state index contributed by atoms with van der Waals surface area (Å²) in [5, 5.41) is 3.23. The van der Waals surface area contributed by atoms with Gasteiger partial charge in [0.25, 0.3) is 0 Å². The summed E-state index contributed by atoms with van der Waals surface area (Å²) in [5.74, 6) is 0.144. The van der Waals surface area contributed by atoms with Crippen LogP contribution in [0.4, 0.5) is 10.5 Å². The zero-order valence-corrected chi connectivity index (χ0v) is 16.0. The van der Waals surface area contributed by atoms with Crippen LogP contribution in [0.15, 0.2) is 30.3 Å². The number of hydrogen-bond donors (Lipinski definition) is 1. The normalized spacial score (nSPS) is 20.0. The van der Waals surface area contributed by atoms with E-state index < -0.39 is 0 Å². The second-order valence-corrected chi connectivity index (χ2v) is 8.17. The van der Waals surface area contributed by atoms with Crippen LogP contribution in [0.5, 0.6) is 0 Å². The molecule has 2 aliphatic rings. The standard InChI is InChI=1S/C21H31N3O2/c1-17(25)23-14-12-21(2,13-15-23)16-24(19-10-4-3-5-11-19)20(26)22-18-8-6-7-9-18/h3-5,10-11,18H,6-9,12-16H2,1-2H3,(H,22,26). The smallest absolute Gasteiger partial charge is 0.322 e. The average molecular weight is 357 g/mol. The Balaban J connectivity index is 1.71. The number of rotatable bonds is 4. The van der Waals surface area contributed by atoms with Crippen LogP contribution in [0, 0.1) is 5.41 Å². The number of benzene rings is 1. The molecule has 1 heterocycles. The lowest BCUT2D eigenvalue weighted by molar-refractivity contribution is -0.130. The minimum atomic E-state index is 0.0123. The molecule has 1 aromatic carbocycles. The monoisotopic (exact) mass is 357 g/mol. The zero-order valence-electron chi connectivity index (χ0n) is 16.0. The molecule has 26 heavy (non-hydrogen) atoms. The first kappa shape index (κ1) is 18.7. The van der Waals surface area contributed by atoms with E-state index in [1.54, 1.807) is 6.92 Å². The van der Waals surface area contributed by atoms with Gasteiger partial charge in [-0.05, 0) is 43.2 Å². The molecule has 0 radical (unpaired) electrons. The molecule has 0 unspecified atom stereocenters. The second-order valence-electron chi connectivity index (χ2n) is 8.17. The van der Waals surface area contributed by atoms with Crippen LogP contribution in [0.3, 0.4) is 0 Å². The highest BCUT2D eigenvalue weighted by atomic mass is 16.2. The molecule has 142 valence electrons. The molecule has 1 saturated carbocycles. The summed E-state index contributed by atoms with van der Waals surface area (Å²) in [6, 6.07) is 10.3. The maximum atomic E-state index is 13.0. The SMILES string of the molecule is CC(=O)N1CCC(C)(CN(C(=O)NC2CCCC2)c2ccccc2)CC1. The molecule has 5 nitrogen and oxygen atoms in total. The third-order valence-electron chi connectivity index (χ3n) is 5.95. The molecule has 1 aliphatic carbocycles. The van der Waals surface area contributed by atoms with Crippen LogP contribution in [0.1, 0.15) is 52.4 Å². The van der Waals surface area contributed by atoms with Crippen molar-refractivity contribution < 1.29 is 9.59 Å². The quantitative estimate of drug-likeness (QED) is 0.891. The highest BCUT2D eigenvalue weighted by Gasteiger charge is 2.35. The van der Waals surface area contributed by atoms with Gasteiger partial charge in [0.05, 0.1) is 0 Å². The van der Waals surface area contributed by atoms with Crippen LogP contribution in [0.2, 0.25) is 0 Å². The molecule has 2 fully saturated rings. The van der Waals surface area contributed by atoms with E-state index in [2.05, 4.69) is 12.2 Å². The summed E-state index contributed by atoms with van der Waals surface area (Å²) in [6.07, 6.45) is 6.42. The molecule has 1 aromatic rings. The van der Waals surface area contributed by atoms with Gasteiger partial charge in [0.1, 0.15) is 0 Å². The number of hydrogen-bond acceptors (Lipinski definition) is 2. The van der Waals surface area contributed by atoms with Gasteiger partial charge in [-0.3, -0.25) is 9.69 Å². The Morgan fingerprint density at radius 1 is 1.15 bits per heavy atom. The number of likely N-dealkylation sites (tertiary alicyclic amines) is 1. The van der Waals surface area contributed by atoms with Gasteiger partial charge < -0.3 is 10.2 Å². The van der Waals surface area contributed by atoms with E-state index in [1.165, 1.54) is 12.8 Å². The van der Waals surface area contributed by atoms with E-state index in [0.29, 0.717) is 12.6 Å². The van der Waals surface area contributed by atoms with E-state index in [9.17, 15) is 9.59 Å². The number of carbonyl (C=O) groups excluding carboxylic acids is 2. The van der Waals surface area contributed by atoms with Gasteiger partial charge in [-0.25, -0.2) is 4.79 Å². The summed E-state index contributed by atoms with van der Waals surface area (Å²) < 4.78 is 0. The number of amides is 3. The fourth-order valence-electron chi connectivity index (χ4n) is 4.11. The van der Waals surface area contributed by atoms with Crippen molar-refractivity contribution in [2.45, 2.75) is 58.4 Å². The number of carbonyl (C=O) groups is 2. The number of piperidine rings is 1. The first-order chi connectivity index (χ1) is 12.5. The number of para-hydroxylation sites is 1. The Kier molecular flexibility index (Phi) is 5.84.